The number of aryl methyl sites for hydroxylation is 1. The summed E-state index contributed by atoms with van der Waals surface area (Å²) in [7, 11) is 0. The highest BCUT2D eigenvalue weighted by molar-refractivity contribution is 7.80. The molecule has 0 aliphatic heterocycles. The first-order chi connectivity index (χ1) is 15.2. The number of rotatable bonds is 15. The average Bonchev–Trinajstić information content (AvgIpc) is 2.72. The Morgan fingerprint density at radius 1 is 0.906 bits per heavy atom. The summed E-state index contributed by atoms with van der Waals surface area (Å²) in [6, 6.07) is 7.71. The van der Waals surface area contributed by atoms with Crippen molar-refractivity contribution >= 4 is 63.7 Å². The molecule has 1 amide bonds. The van der Waals surface area contributed by atoms with Crippen molar-refractivity contribution in [2.75, 3.05) is 5.32 Å². The number of carbonyl (C=O) groups excluding carboxylic acids is 1. The molecule has 182 valence electrons. The Labute approximate surface area is 214 Å². The summed E-state index contributed by atoms with van der Waals surface area (Å²) in [4.78, 5) is 12.4. The average molecular weight is 523 g/mol. The summed E-state index contributed by atoms with van der Waals surface area (Å²) in [5.74, 6) is -0.163. The van der Waals surface area contributed by atoms with E-state index in [2.05, 4.69) is 22.9 Å². The van der Waals surface area contributed by atoms with Crippen LogP contribution in [0, 0.1) is 6.92 Å². The molecule has 0 saturated carbocycles. The lowest BCUT2D eigenvalue weighted by atomic mass is 10.1. The summed E-state index contributed by atoms with van der Waals surface area (Å²) < 4.78 is -1.75. The third kappa shape index (κ3) is 13.7. The van der Waals surface area contributed by atoms with Crippen molar-refractivity contribution in [2.24, 2.45) is 0 Å². The Hall–Kier alpha value is -0.750. The van der Waals surface area contributed by atoms with Gasteiger partial charge in [-0.1, -0.05) is 124 Å². The van der Waals surface area contributed by atoms with E-state index in [-0.39, 0.29) is 11.0 Å². The Morgan fingerprint density at radius 2 is 1.44 bits per heavy atom. The largest absolute Gasteiger partial charge is 0.339 e. The van der Waals surface area contributed by atoms with Gasteiger partial charge in [-0.3, -0.25) is 4.79 Å². The van der Waals surface area contributed by atoms with Gasteiger partial charge in [0.2, 0.25) is 9.70 Å². The summed E-state index contributed by atoms with van der Waals surface area (Å²) in [5.41, 5.74) is 1.88. The number of benzene rings is 1. The zero-order valence-corrected chi connectivity index (χ0v) is 22.4. The number of para-hydroxylation sites is 1. The number of amides is 1. The zero-order chi connectivity index (χ0) is 23.8. The fourth-order valence-corrected chi connectivity index (χ4v) is 3.94. The van der Waals surface area contributed by atoms with Crippen LogP contribution in [0.3, 0.4) is 0 Å². The van der Waals surface area contributed by atoms with Crippen LogP contribution in [-0.4, -0.2) is 21.0 Å². The molecule has 1 aromatic carbocycles. The highest BCUT2D eigenvalue weighted by Gasteiger charge is 2.34. The molecule has 1 unspecified atom stereocenters. The quantitative estimate of drug-likeness (QED) is 0.0952. The van der Waals surface area contributed by atoms with E-state index in [1.807, 2.05) is 31.2 Å². The smallest absolute Gasteiger partial charge is 0.228 e. The van der Waals surface area contributed by atoms with Crippen molar-refractivity contribution < 1.29 is 4.79 Å². The zero-order valence-electron chi connectivity index (χ0n) is 19.3. The minimum atomic E-state index is -1.75. The predicted octanol–water partition coefficient (Wildman–Crippen LogP) is 7.80. The van der Waals surface area contributed by atoms with Crippen LogP contribution >= 0.6 is 47.0 Å². The van der Waals surface area contributed by atoms with E-state index in [1.165, 1.54) is 51.4 Å². The second-order valence-electron chi connectivity index (χ2n) is 8.24. The molecule has 8 heteroatoms. The highest BCUT2D eigenvalue weighted by Crippen LogP contribution is 2.29. The molecular formula is C24H38Cl3N3OS. The molecule has 0 saturated heterocycles. The van der Waals surface area contributed by atoms with E-state index in [1.54, 1.807) is 0 Å². The van der Waals surface area contributed by atoms with Gasteiger partial charge in [0.15, 0.2) is 5.11 Å². The van der Waals surface area contributed by atoms with Crippen LogP contribution in [0.5, 0.6) is 0 Å². The summed E-state index contributed by atoms with van der Waals surface area (Å²) in [6.45, 7) is 4.21. The Morgan fingerprint density at radius 3 is 1.97 bits per heavy atom. The monoisotopic (exact) mass is 521 g/mol. The van der Waals surface area contributed by atoms with Crippen molar-refractivity contribution in [3.63, 3.8) is 0 Å². The molecule has 0 spiro atoms. The van der Waals surface area contributed by atoms with Gasteiger partial charge < -0.3 is 16.0 Å². The molecule has 0 aliphatic carbocycles. The lowest BCUT2D eigenvalue weighted by Gasteiger charge is -2.28. The van der Waals surface area contributed by atoms with Crippen molar-refractivity contribution in [1.29, 1.82) is 0 Å². The van der Waals surface area contributed by atoms with E-state index in [9.17, 15) is 4.79 Å². The number of unbranched alkanes of at least 4 members (excludes halogenated alkanes) is 10. The first kappa shape index (κ1) is 29.3. The fraction of sp³-hybridized carbons (Fsp3) is 0.667. The Bertz CT molecular complexity index is 683. The predicted molar refractivity (Wildman–Crippen MR) is 144 cm³/mol. The Balaban J connectivity index is 2.27. The molecule has 0 heterocycles. The van der Waals surface area contributed by atoms with Gasteiger partial charge in [0.25, 0.3) is 0 Å². The van der Waals surface area contributed by atoms with Gasteiger partial charge in [0.05, 0.1) is 0 Å². The topological polar surface area (TPSA) is 53.2 Å². The minimum absolute atomic E-state index is 0.163. The standard InChI is InChI=1S/C24H38Cl3N3OS/c1-3-4-5-6-7-8-9-10-11-12-13-18-21(31)29-22(24(25,26)27)30-23(32)28-20-17-15-14-16-19(20)2/h14-17,22H,3-13,18H2,1-2H3,(H,29,31)(H2,28,30,32). The van der Waals surface area contributed by atoms with Gasteiger partial charge in [0, 0.05) is 12.1 Å². The number of alkyl halides is 3. The molecule has 0 radical (unpaired) electrons. The van der Waals surface area contributed by atoms with Gasteiger partial charge in [-0.2, -0.15) is 0 Å². The molecular weight excluding hydrogens is 485 g/mol. The van der Waals surface area contributed by atoms with Crippen LogP contribution in [0.15, 0.2) is 24.3 Å². The van der Waals surface area contributed by atoms with Gasteiger partial charge in [-0.15, -0.1) is 0 Å². The summed E-state index contributed by atoms with van der Waals surface area (Å²) >= 11 is 23.5. The summed E-state index contributed by atoms with van der Waals surface area (Å²) in [5, 5.41) is 8.99. The van der Waals surface area contributed by atoms with Crippen molar-refractivity contribution in [1.82, 2.24) is 10.6 Å². The maximum atomic E-state index is 12.4. The van der Waals surface area contributed by atoms with Gasteiger partial charge in [0.1, 0.15) is 6.17 Å². The number of anilines is 1. The van der Waals surface area contributed by atoms with Gasteiger partial charge in [-0.05, 0) is 37.2 Å². The van der Waals surface area contributed by atoms with Crippen LogP contribution in [0.4, 0.5) is 5.69 Å². The van der Waals surface area contributed by atoms with Crippen LogP contribution in [0.2, 0.25) is 0 Å². The molecule has 32 heavy (non-hydrogen) atoms. The van der Waals surface area contributed by atoms with E-state index in [0.29, 0.717) is 6.42 Å². The third-order valence-electron chi connectivity index (χ3n) is 5.31. The van der Waals surface area contributed by atoms with Crippen LogP contribution in [0.1, 0.15) is 89.5 Å². The van der Waals surface area contributed by atoms with E-state index in [4.69, 9.17) is 47.0 Å². The first-order valence-electron chi connectivity index (χ1n) is 11.7. The lowest BCUT2D eigenvalue weighted by Crippen LogP contribution is -2.56. The van der Waals surface area contributed by atoms with Gasteiger partial charge >= 0.3 is 0 Å². The molecule has 4 nitrogen and oxygen atoms in total. The molecule has 0 bridgehead atoms. The Kier molecular flexibility index (Phi) is 15.4. The molecule has 1 atom stereocenters. The molecule has 1 aromatic rings. The molecule has 0 fully saturated rings. The molecule has 0 aliphatic rings. The van der Waals surface area contributed by atoms with E-state index >= 15 is 0 Å². The summed E-state index contributed by atoms with van der Waals surface area (Å²) in [6.07, 6.45) is 13.0. The lowest BCUT2D eigenvalue weighted by molar-refractivity contribution is -0.122. The molecule has 0 aromatic heterocycles. The minimum Gasteiger partial charge on any atom is -0.339 e. The number of nitrogens with one attached hydrogen (secondary N) is 3. The van der Waals surface area contributed by atoms with Crippen molar-refractivity contribution in [3.05, 3.63) is 29.8 Å². The fourth-order valence-electron chi connectivity index (χ4n) is 3.39. The van der Waals surface area contributed by atoms with Crippen LogP contribution < -0.4 is 16.0 Å². The second kappa shape index (κ2) is 16.8. The normalized spacial score (nSPS) is 12.3. The van der Waals surface area contributed by atoms with Crippen molar-refractivity contribution in [3.8, 4) is 0 Å². The van der Waals surface area contributed by atoms with Crippen LogP contribution in [0.25, 0.3) is 0 Å². The number of halogens is 3. The van der Waals surface area contributed by atoms with Crippen molar-refractivity contribution in [2.45, 2.75) is 101 Å². The SMILES string of the molecule is CCCCCCCCCCCCCC(=O)NC(NC(=S)Nc1ccccc1C)C(Cl)(Cl)Cl. The van der Waals surface area contributed by atoms with E-state index < -0.39 is 9.96 Å². The second-order valence-corrected chi connectivity index (χ2v) is 11.0. The highest BCUT2D eigenvalue weighted by atomic mass is 35.6. The maximum absolute atomic E-state index is 12.4. The number of hydrogen-bond donors (Lipinski definition) is 3. The van der Waals surface area contributed by atoms with Crippen LogP contribution in [-0.2, 0) is 4.79 Å². The number of carbonyl (C=O) groups is 1. The number of hydrogen-bond acceptors (Lipinski definition) is 2. The molecule has 3 N–H and O–H groups in total. The first-order valence-corrected chi connectivity index (χ1v) is 13.3. The molecule has 1 rings (SSSR count). The van der Waals surface area contributed by atoms with E-state index in [0.717, 1.165) is 30.5 Å². The maximum Gasteiger partial charge on any atom is 0.228 e. The van der Waals surface area contributed by atoms with Gasteiger partial charge in [-0.25, -0.2) is 0 Å². The number of thiocarbonyl (C=S) groups is 1. The third-order valence-corrected chi connectivity index (χ3v) is 6.18.